The summed E-state index contributed by atoms with van der Waals surface area (Å²) in [5.74, 6) is -3.63. The van der Waals surface area contributed by atoms with Crippen molar-refractivity contribution in [2.24, 2.45) is 18.7 Å². The van der Waals surface area contributed by atoms with Gasteiger partial charge in [-0.2, -0.15) is 5.10 Å². The molecule has 1 aliphatic carbocycles. The van der Waals surface area contributed by atoms with Gasteiger partial charge in [-0.1, -0.05) is 0 Å². The van der Waals surface area contributed by atoms with E-state index in [0.717, 1.165) is 13.1 Å². The molecule has 0 saturated carbocycles. The third-order valence-corrected chi connectivity index (χ3v) is 5.51. The molecule has 25 heavy (non-hydrogen) atoms. The van der Waals surface area contributed by atoms with E-state index in [2.05, 4.69) is 10.00 Å². The number of allylic oxidation sites excluding steroid dienone is 3. The molecule has 136 valence electrons. The molecule has 3 aliphatic rings. The van der Waals surface area contributed by atoms with Crippen LogP contribution in [0.3, 0.4) is 0 Å². The molecule has 1 aromatic rings. The Labute approximate surface area is 143 Å². The fourth-order valence-corrected chi connectivity index (χ4v) is 4.07. The maximum Gasteiger partial charge on any atom is 0.157 e. The van der Waals surface area contributed by atoms with Gasteiger partial charge in [0.2, 0.25) is 0 Å². The Balaban J connectivity index is 1.41. The second-order valence-electron chi connectivity index (χ2n) is 7.09. The average molecular weight is 354 g/mol. The summed E-state index contributed by atoms with van der Waals surface area (Å²) in [7, 11) is 1.92. The summed E-state index contributed by atoms with van der Waals surface area (Å²) in [6, 6.07) is -0.315. The average Bonchev–Trinajstić information content (AvgIpc) is 3.14. The molecular formula is C17H21F3N4O. The highest BCUT2D eigenvalue weighted by molar-refractivity contribution is 5.27. The Morgan fingerprint density at radius 3 is 2.80 bits per heavy atom. The van der Waals surface area contributed by atoms with Gasteiger partial charge in [-0.3, -0.25) is 9.58 Å². The van der Waals surface area contributed by atoms with E-state index < -0.39 is 35.5 Å². The summed E-state index contributed by atoms with van der Waals surface area (Å²) in [5, 5.41) is 4.24. The first-order valence-corrected chi connectivity index (χ1v) is 8.46. The zero-order chi connectivity index (χ0) is 17.7. The number of hydrogen-bond acceptors (Lipinski definition) is 4. The third-order valence-electron chi connectivity index (χ3n) is 5.51. The minimum absolute atomic E-state index is 0.117. The molecule has 0 aromatic carbocycles. The Bertz CT molecular complexity index is 744. The Morgan fingerprint density at radius 2 is 2.08 bits per heavy atom. The highest BCUT2D eigenvalue weighted by Crippen LogP contribution is 2.38. The van der Waals surface area contributed by atoms with Crippen molar-refractivity contribution in [3.63, 3.8) is 0 Å². The number of fused-ring (bicyclic) bond motifs is 1. The van der Waals surface area contributed by atoms with Crippen LogP contribution in [-0.2, 0) is 24.9 Å². The molecule has 2 unspecified atom stereocenters. The van der Waals surface area contributed by atoms with Crippen LogP contribution >= 0.6 is 0 Å². The molecule has 8 heteroatoms. The van der Waals surface area contributed by atoms with E-state index in [9.17, 15) is 13.2 Å². The second kappa shape index (κ2) is 6.26. The van der Waals surface area contributed by atoms with Gasteiger partial charge in [-0.15, -0.1) is 0 Å². The van der Waals surface area contributed by atoms with Gasteiger partial charge in [0.15, 0.2) is 5.83 Å². The van der Waals surface area contributed by atoms with Crippen LogP contribution in [0.4, 0.5) is 13.2 Å². The van der Waals surface area contributed by atoms with Crippen molar-refractivity contribution in [1.82, 2.24) is 14.7 Å². The lowest BCUT2D eigenvalue weighted by atomic mass is 9.84. The van der Waals surface area contributed by atoms with Crippen molar-refractivity contribution in [2.45, 2.75) is 44.1 Å². The van der Waals surface area contributed by atoms with Gasteiger partial charge in [0.1, 0.15) is 11.7 Å². The van der Waals surface area contributed by atoms with Crippen molar-refractivity contribution in [1.29, 1.82) is 0 Å². The fraction of sp³-hybridized carbons (Fsp3) is 0.588. The molecule has 0 radical (unpaired) electrons. The summed E-state index contributed by atoms with van der Waals surface area (Å²) in [4.78, 5) is 2.27. The molecule has 5 nitrogen and oxygen atoms in total. The quantitative estimate of drug-likeness (QED) is 0.885. The molecule has 3 heterocycles. The standard InChI is InChI=1S/C17H21F3N4O/c1-23-16-7-24(6-9(16)5-22-23)10-2-15(21)17(25-8-10)11-3-13(19)14(20)4-12(11)18/h4-5,10-11,15,17H,2-3,6-8,21H2,1H3/t10-,11?,15?,17+/m0/s1. The molecule has 2 N–H and O–H groups in total. The number of nitrogens with two attached hydrogens (primary N) is 1. The van der Waals surface area contributed by atoms with E-state index in [-0.39, 0.29) is 12.5 Å². The molecule has 2 aliphatic heterocycles. The van der Waals surface area contributed by atoms with Gasteiger partial charge in [-0.05, 0) is 6.42 Å². The number of aromatic nitrogens is 2. The van der Waals surface area contributed by atoms with Crippen LogP contribution in [0.5, 0.6) is 0 Å². The number of rotatable bonds is 2. The molecular weight excluding hydrogens is 333 g/mol. The Kier molecular flexibility index (Phi) is 4.21. The van der Waals surface area contributed by atoms with E-state index >= 15 is 0 Å². The lowest BCUT2D eigenvalue weighted by Crippen LogP contribution is -2.54. The maximum absolute atomic E-state index is 14.1. The predicted molar refractivity (Wildman–Crippen MR) is 85.1 cm³/mol. The molecule has 0 amide bonds. The zero-order valence-corrected chi connectivity index (χ0v) is 14.0. The third kappa shape index (κ3) is 2.92. The number of halogens is 3. The second-order valence-corrected chi connectivity index (χ2v) is 7.09. The van der Waals surface area contributed by atoms with Gasteiger partial charge in [0.25, 0.3) is 0 Å². The smallest absolute Gasteiger partial charge is 0.157 e. The highest BCUT2D eigenvalue weighted by atomic mass is 19.2. The molecule has 1 fully saturated rings. The van der Waals surface area contributed by atoms with Crippen LogP contribution < -0.4 is 5.73 Å². The van der Waals surface area contributed by atoms with Crippen LogP contribution in [0.25, 0.3) is 0 Å². The number of ether oxygens (including phenoxy) is 1. The normalized spacial score (nSPS) is 33.6. The SMILES string of the molecule is Cn1ncc2c1CN([C@@H]1CO[C@H](C3CC(F)=C(F)C=C3F)C(N)C1)C2. The zero-order valence-electron chi connectivity index (χ0n) is 14.0. The van der Waals surface area contributed by atoms with Crippen molar-refractivity contribution >= 4 is 0 Å². The summed E-state index contributed by atoms with van der Waals surface area (Å²) in [5.41, 5.74) is 8.60. The number of aryl methyl sites for hydroxylation is 1. The summed E-state index contributed by atoms with van der Waals surface area (Å²) >= 11 is 0. The predicted octanol–water partition coefficient (Wildman–Crippen LogP) is 2.24. The molecule has 0 bridgehead atoms. The topological polar surface area (TPSA) is 56.3 Å². The first kappa shape index (κ1) is 16.8. The van der Waals surface area contributed by atoms with E-state index in [0.29, 0.717) is 19.1 Å². The monoisotopic (exact) mass is 354 g/mol. The minimum atomic E-state index is -1.14. The van der Waals surface area contributed by atoms with Crippen LogP contribution in [-0.4, -0.2) is 39.5 Å². The maximum atomic E-state index is 14.1. The van der Waals surface area contributed by atoms with Crippen molar-refractivity contribution in [3.05, 3.63) is 41.0 Å². The summed E-state index contributed by atoms with van der Waals surface area (Å²) in [6.07, 6.45) is 2.13. The molecule has 4 atom stereocenters. The molecule has 1 saturated heterocycles. The van der Waals surface area contributed by atoms with E-state index in [1.54, 1.807) is 0 Å². The van der Waals surface area contributed by atoms with Gasteiger partial charge in [-0.25, -0.2) is 13.2 Å². The summed E-state index contributed by atoms with van der Waals surface area (Å²) in [6.45, 7) is 1.96. The fourth-order valence-electron chi connectivity index (χ4n) is 4.07. The van der Waals surface area contributed by atoms with Gasteiger partial charge >= 0.3 is 0 Å². The van der Waals surface area contributed by atoms with Crippen molar-refractivity contribution in [3.8, 4) is 0 Å². The number of nitrogens with zero attached hydrogens (tertiary/aromatic N) is 3. The van der Waals surface area contributed by atoms with E-state index in [4.69, 9.17) is 10.5 Å². The highest BCUT2D eigenvalue weighted by Gasteiger charge is 2.41. The lowest BCUT2D eigenvalue weighted by molar-refractivity contribution is -0.0732. The van der Waals surface area contributed by atoms with E-state index in [1.165, 1.54) is 11.3 Å². The van der Waals surface area contributed by atoms with Crippen molar-refractivity contribution < 1.29 is 17.9 Å². The summed E-state index contributed by atoms with van der Waals surface area (Å²) < 4.78 is 48.5. The Morgan fingerprint density at radius 1 is 1.28 bits per heavy atom. The Hall–Kier alpha value is -1.64. The number of hydrogen-bond donors (Lipinski definition) is 1. The molecule has 0 spiro atoms. The van der Waals surface area contributed by atoms with Crippen LogP contribution in [0.15, 0.2) is 29.8 Å². The molecule has 1 aromatic heterocycles. The largest absolute Gasteiger partial charge is 0.374 e. The lowest BCUT2D eigenvalue weighted by Gasteiger charge is -2.41. The van der Waals surface area contributed by atoms with Gasteiger partial charge < -0.3 is 10.5 Å². The van der Waals surface area contributed by atoms with Crippen LogP contribution in [0, 0.1) is 5.92 Å². The van der Waals surface area contributed by atoms with Crippen molar-refractivity contribution in [2.75, 3.05) is 6.61 Å². The van der Waals surface area contributed by atoms with Gasteiger partial charge in [0, 0.05) is 56.2 Å². The first-order valence-electron chi connectivity index (χ1n) is 8.46. The van der Waals surface area contributed by atoms with Crippen LogP contribution in [0.1, 0.15) is 24.1 Å². The van der Waals surface area contributed by atoms with Gasteiger partial charge in [0.05, 0.1) is 24.6 Å². The minimum Gasteiger partial charge on any atom is -0.374 e. The van der Waals surface area contributed by atoms with E-state index in [1.807, 2.05) is 17.9 Å². The molecule has 4 rings (SSSR count). The van der Waals surface area contributed by atoms with Crippen LogP contribution in [0.2, 0.25) is 0 Å². The first-order chi connectivity index (χ1) is 11.9.